The van der Waals surface area contributed by atoms with Gasteiger partial charge in [-0.2, -0.15) is 30.6 Å². The van der Waals surface area contributed by atoms with Crippen molar-refractivity contribution in [2.45, 2.75) is 29.8 Å². The standard InChI is InChI=1S/C23H18F7N5O3S/c24-17-5-6-35(10-17)39(37,38)18-3-1-13(2-4-18)19(20(31)36)11-34-12-32-21(33-34)14-7-15(22(25,26)27)9-16(8-14)23(28,29)30/h1-4,7-9,11-12,17H,5-6,10H2,(H2,31,36)/b19-11+/t17-/m1/s1. The lowest BCUT2D eigenvalue weighted by Crippen LogP contribution is -2.29. The molecule has 0 unspecified atom stereocenters. The lowest BCUT2D eigenvalue weighted by molar-refractivity contribution is -0.143. The van der Waals surface area contributed by atoms with Gasteiger partial charge in [0.15, 0.2) is 5.82 Å². The van der Waals surface area contributed by atoms with Gasteiger partial charge >= 0.3 is 12.4 Å². The molecule has 3 aromatic rings. The number of amides is 1. The largest absolute Gasteiger partial charge is 0.416 e. The van der Waals surface area contributed by atoms with Gasteiger partial charge in [0.1, 0.15) is 12.5 Å². The third kappa shape index (κ3) is 6.11. The molecule has 0 spiro atoms. The minimum Gasteiger partial charge on any atom is -0.366 e. The Labute approximate surface area is 216 Å². The third-order valence-electron chi connectivity index (χ3n) is 5.78. The molecule has 0 radical (unpaired) electrons. The van der Waals surface area contributed by atoms with Crippen LogP contribution in [-0.2, 0) is 27.2 Å². The van der Waals surface area contributed by atoms with Crippen LogP contribution in [0, 0.1) is 0 Å². The molecule has 2 aromatic carbocycles. The van der Waals surface area contributed by atoms with Crippen LogP contribution in [0.1, 0.15) is 23.1 Å². The zero-order valence-corrected chi connectivity index (χ0v) is 20.4. The lowest BCUT2D eigenvalue weighted by Gasteiger charge is -2.15. The Hall–Kier alpha value is -3.79. The predicted octanol–water partition coefficient (Wildman–Crippen LogP) is 4.20. The highest BCUT2D eigenvalue weighted by Gasteiger charge is 2.37. The maximum Gasteiger partial charge on any atom is 0.416 e. The van der Waals surface area contributed by atoms with Crippen molar-refractivity contribution >= 4 is 27.7 Å². The van der Waals surface area contributed by atoms with E-state index in [0.29, 0.717) is 12.1 Å². The van der Waals surface area contributed by atoms with Crippen LogP contribution in [-0.4, -0.2) is 52.7 Å². The minimum absolute atomic E-state index is 0.0165. The molecular weight excluding hydrogens is 559 g/mol. The number of carbonyl (C=O) groups excluding carboxylic acids is 1. The number of sulfonamides is 1. The average Bonchev–Trinajstić information content (AvgIpc) is 3.50. The molecule has 208 valence electrons. The molecular formula is C23H18F7N5O3S. The Kier molecular flexibility index (Phi) is 7.29. The highest BCUT2D eigenvalue weighted by atomic mass is 32.2. The SMILES string of the molecule is NC(=O)/C(=C/n1cnc(-c2cc(C(F)(F)F)cc(C(F)(F)F)c2)n1)c1ccc(S(=O)(=O)N2CC[C@@H](F)C2)cc1. The molecule has 1 aromatic heterocycles. The molecule has 8 nitrogen and oxygen atoms in total. The second-order valence-electron chi connectivity index (χ2n) is 8.52. The summed E-state index contributed by atoms with van der Waals surface area (Å²) in [6.07, 6.45) is -9.38. The minimum atomic E-state index is -5.07. The van der Waals surface area contributed by atoms with Crippen molar-refractivity contribution in [1.82, 2.24) is 19.1 Å². The Morgan fingerprint density at radius 2 is 1.59 bits per heavy atom. The highest BCUT2D eigenvalue weighted by Crippen LogP contribution is 2.38. The van der Waals surface area contributed by atoms with E-state index < -0.39 is 57.0 Å². The van der Waals surface area contributed by atoms with E-state index in [-0.39, 0.29) is 41.6 Å². The van der Waals surface area contributed by atoms with Crippen molar-refractivity contribution in [3.8, 4) is 11.4 Å². The number of nitrogens with two attached hydrogens (primary N) is 1. The van der Waals surface area contributed by atoms with Gasteiger partial charge in [0.2, 0.25) is 10.0 Å². The number of hydrogen-bond acceptors (Lipinski definition) is 5. The maximum absolute atomic E-state index is 13.5. The molecule has 16 heteroatoms. The van der Waals surface area contributed by atoms with E-state index in [1.54, 1.807) is 0 Å². The van der Waals surface area contributed by atoms with Crippen molar-refractivity contribution in [2.24, 2.45) is 5.73 Å². The molecule has 1 saturated heterocycles. The van der Waals surface area contributed by atoms with E-state index in [2.05, 4.69) is 10.1 Å². The fourth-order valence-corrected chi connectivity index (χ4v) is 5.31. The summed E-state index contributed by atoms with van der Waals surface area (Å²) < 4.78 is 120. The predicted molar refractivity (Wildman–Crippen MR) is 124 cm³/mol. The number of primary amides is 1. The lowest BCUT2D eigenvalue weighted by atomic mass is 10.0. The summed E-state index contributed by atoms with van der Waals surface area (Å²) in [6.45, 7) is -0.260. The van der Waals surface area contributed by atoms with Crippen LogP contribution in [0.5, 0.6) is 0 Å². The summed E-state index contributed by atoms with van der Waals surface area (Å²) in [5, 5.41) is 3.84. The van der Waals surface area contributed by atoms with E-state index in [0.717, 1.165) is 21.5 Å². The molecule has 0 aliphatic carbocycles. The van der Waals surface area contributed by atoms with Crippen LogP contribution in [0.15, 0.2) is 53.7 Å². The summed E-state index contributed by atoms with van der Waals surface area (Å²) in [5.41, 5.74) is 1.65. The number of alkyl halides is 7. The van der Waals surface area contributed by atoms with Crippen LogP contribution < -0.4 is 5.73 Å². The Morgan fingerprint density at radius 3 is 2.08 bits per heavy atom. The highest BCUT2D eigenvalue weighted by molar-refractivity contribution is 7.89. The Balaban J connectivity index is 1.66. The van der Waals surface area contributed by atoms with Crippen LogP contribution in [0.4, 0.5) is 30.7 Å². The first-order valence-electron chi connectivity index (χ1n) is 11.0. The quantitative estimate of drug-likeness (QED) is 0.349. The number of carbonyl (C=O) groups is 1. The first-order chi connectivity index (χ1) is 18.1. The van der Waals surface area contributed by atoms with Crippen molar-refractivity contribution in [2.75, 3.05) is 13.1 Å². The molecule has 1 amide bonds. The number of aromatic nitrogens is 3. The van der Waals surface area contributed by atoms with Crippen LogP contribution in [0.3, 0.4) is 0 Å². The summed E-state index contributed by atoms with van der Waals surface area (Å²) in [7, 11) is -3.98. The molecule has 2 N–H and O–H groups in total. The van der Waals surface area contributed by atoms with Crippen molar-refractivity contribution in [3.05, 3.63) is 65.5 Å². The first kappa shape index (κ1) is 28.2. The van der Waals surface area contributed by atoms with Gasteiger partial charge in [-0.15, -0.1) is 5.10 Å². The zero-order valence-electron chi connectivity index (χ0n) is 19.5. The summed E-state index contributed by atoms with van der Waals surface area (Å²) in [6, 6.07) is 5.76. The van der Waals surface area contributed by atoms with Gasteiger partial charge < -0.3 is 5.73 Å². The normalized spacial score (nSPS) is 17.5. The molecule has 1 fully saturated rings. The van der Waals surface area contributed by atoms with Gasteiger partial charge in [0, 0.05) is 24.9 Å². The molecule has 0 saturated carbocycles. The summed E-state index contributed by atoms with van der Waals surface area (Å²) >= 11 is 0. The van der Waals surface area contributed by atoms with E-state index >= 15 is 0 Å². The fourth-order valence-electron chi connectivity index (χ4n) is 3.83. The Morgan fingerprint density at radius 1 is 1.00 bits per heavy atom. The van der Waals surface area contributed by atoms with Gasteiger partial charge in [0.25, 0.3) is 5.91 Å². The average molecular weight is 577 g/mol. The Bertz CT molecular complexity index is 1500. The van der Waals surface area contributed by atoms with Gasteiger partial charge in [-0.3, -0.25) is 4.79 Å². The number of benzene rings is 2. The van der Waals surface area contributed by atoms with E-state index in [9.17, 15) is 43.9 Å². The number of halogens is 7. The van der Waals surface area contributed by atoms with Crippen LogP contribution >= 0.6 is 0 Å². The molecule has 1 aliphatic heterocycles. The van der Waals surface area contributed by atoms with Crippen molar-refractivity contribution in [1.29, 1.82) is 0 Å². The smallest absolute Gasteiger partial charge is 0.366 e. The van der Waals surface area contributed by atoms with Crippen molar-refractivity contribution < 1.29 is 43.9 Å². The fraction of sp³-hybridized carbons (Fsp3) is 0.261. The molecule has 2 heterocycles. The molecule has 0 bridgehead atoms. The van der Waals surface area contributed by atoms with E-state index in [4.69, 9.17) is 5.73 Å². The van der Waals surface area contributed by atoms with Crippen molar-refractivity contribution in [3.63, 3.8) is 0 Å². The van der Waals surface area contributed by atoms with Crippen LogP contribution in [0.2, 0.25) is 0 Å². The second-order valence-corrected chi connectivity index (χ2v) is 10.5. The molecule has 1 atom stereocenters. The number of nitrogens with zero attached hydrogens (tertiary/aromatic N) is 4. The maximum atomic E-state index is 13.5. The van der Waals surface area contributed by atoms with Gasteiger partial charge in [-0.25, -0.2) is 22.5 Å². The van der Waals surface area contributed by atoms with Crippen LogP contribution in [0.25, 0.3) is 23.2 Å². The summed E-state index contributed by atoms with van der Waals surface area (Å²) in [4.78, 5) is 15.7. The molecule has 39 heavy (non-hydrogen) atoms. The van der Waals surface area contributed by atoms with E-state index in [1.165, 1.54) is 24.3 Å². The van der Waals surface area contributed by atoms with Gasteiger partial charge in [0.05, 0.1) is 21.6 Å². The number of rotatable bonds is 6. The number of hydrogen-bond donors (Lipinski definition) is 1. The first-order valence-corrected chi connectivity index (χ1v) is 12.5. The van der Waals surface area contributed by atoms with Gasteiger partial charge in [-0.1, -0.05) is 12.1 Å². The third-order valence-corrected chi connectivity index (χ3v) is 7.66. The molecule has 4 rings (SSSR count). The van der Waals surface area contributed by atoms with E-state index in [1.807, 2.05) is 0 Å². The topological polar surface area (TPSA) is 111 Å². The van der Waals surface area contributed by atoms with Gasteiger partial charge in [-0.05, 0) is 42.3 Å². The summed E-state index contributed by atoms with van der Waals surface area (Å²) in [5.74, 6) is -1.49. The monoisotopic (exact) mass is 577 g/mol. The zero-order chi connectivity index (χ0) is 28.8. The second kappa shape index (κ2) is 10.1. The molecule has 1 aliphatic rings.